The second kappa shape index (κ2) is 7.03. The van der Waals surface area contributed by atoms with E-state index in [-0.39, 0.29) is 6.61 Å². The first kappa shape index (κ1) is 14.5. The van der Waals surface area contributed by atoms with Gasteiger partial charge in [-0.25, -0.2) is 0 Å². The number of hydrogen-bond acceptors (Lipinski definition) is 4. The molecule has 0 amide bonds. The Morgan fingerprint density at radius 1 is 1.47 bits per heavy atom. The molecule has 0 spiro atoms. The number of H-pyrrole nitrogens is 1. The number of piperazine rings is 1. The average molecular weight is 266 g/mol. The standard InChI is InChI=1S/C14H26N4O/c1-12(2)9-18-7-6-17(11-14(18)4-8-19)10-13-3-5-15-16-13/h3,5,12,14,19H,4,6-11H2,1-2H3,(H,15,16). The zero-order valence-corrected chi connectivity index (χ0v) is 12.0. The zero-order valence-electron chi connectivity index (χ0n) is 12.0. The quantitative estimate of drug-likeness (QED) is 0.804. The Bertz CT molecular complexity index is 352. The maximum absolute atomic E-state index is 9.25. The van der Waals surface area contributed by atoms with Crippen molar-refractivity contribution < 1.29 is 5.11 Å². The molecule has 1 aromatic heterocycles. The maximum Gasteiger partial charge on any atom is 0.0492 e. The SMILES string of the molecule is CC(C)CN1CCN(Cc2ccn[nH]2)CC1CCO. The van der Waals surface area contributed by atoms with E-state index in [1.54, 1.807) is 6.20 Å². The lowest BCUT2D eigenvalue weighted by Crippen LogP contribution is -2.53. The van der Waals surface area contributed by atoms with Gasteiger partial charge in [-0.1, -0.05) is 13.8 Å². The van der Waals surface area contributed by atoms with Crippen LogP contribution < -0.4 is 0 Å². The van der Waals surface area contributed by atoms with Gasteiger partial charge in [-0.2, -0.15) is 5.10 Å². The summed E-state index contributed by atoms with van der Waals surface area (Å²) in [6, 6.07) is 2.51. The van der Waals surface area contributed by atoms with Crippen molar-refractivity contribution in [2.75, 3.05) is 32.8 Å². The molecule has 1 saturated heterocycles. The fourth-order valence-corrected chi connectivity index (χ4v) is 2.85. The summed E-state index contributed by atoms with van der Waals surface area (Å²) < 4.78 is 0. The molecule has 5 nitrogen and oxygen atoms in total. The van der Waals surface area contributed by atoms with Gasteiger partial charge in [0.1, 0.15) is 0 Å². The van der Waals surface area contributed by atoms with Crippen LogP contribution in [0.15, 0.2) is 12.3 Å². The van der Waals surface area contributed by atoms with Crippen molar-refractivity contribution in [3.8, 4) is 0 Å². The summed E-state index contributed by atoms with van der Waals surface area (Å²) in [6.07, 6.45) is 2.67. The third-order valence-electron chi connectivity index (χ3n) is 3.70. The number of nitrogens with zero attached hydrogens (tertiary/aromatic N) is 3. The van der Waals surface area contributed by atoms with Crippen LogP contribution in [0.2, 0.25) is 0 Å². The lowest BCUT2D eigenvalue weighted by atomic mass is 10.1. The number of nitrogens with one attached hydrogen (secondary N) is 1. The molecule has 2 rings (SSSR count). The van der Waals surface area contributed by atoms with E-state index in [1.165, 1.54) is 5.69 Å². The van der Waals surface area contributed by atoms with Crippen molar-refractivity contribution in [1.29, 1.82) is 0 Å². The van der Waals surface area contributed by atoms with Gasteiger partial charge in [-0.3, -0.25) is 14.9 Å². The van der Waals surface area contributed by atoms with Crippen LogP contribution in [0.4, 0.5) is 0 Å². The monoisotopic (exact) mass is 266 g/mol. The Morgan fingerprint density at radius 2 is 2.32 bits per heavy atom. The molecule has 0 aromatic carbocycles. The van der Waals surface area contributed by atoms with Gasteiger partial charge in [0.2, 0.25) is 0 Å². The molecule has 1 aliphatic rings. The van der Waals surface area contributed by atoms with Crippen molar-refractivity contribution in [1.82, 2.24) is 20.0 Å². The van der Waals surface area contributed by atoms with E-state index < -0.39 is 0 Å². The molecule has 1 atom stereocenters. The van der Waals surface area contributed by atoms with Gasteiger partial charge in [0.25, 0.3) is 0 Å². The molecule has 2 N–H and O–H groups in total. The fourth-order valence-electron chi connectivity index (χ4n) is 2.85. The third-order valence-corrected chi connectivity index (χ3v) is 3.70. The molecule has 108 valence electrons. The highest BCUT2D eigenvalue weighted by molar-refractivity contribution is 4.98. The van der Waals surface area contributed by atoms with E-state index in [4.69, 9.17) is 0 Å². The van der Waals surface area contributed by atoms with E-state index in [0.29, 0.717) is 12.0 Å². The number of rotatable bonds is 6. The van der Waals surface area contributed by atoms with Crippen molar-refractivity contribution in [2.24, 2.45) is 5.92 Å². The highest BCUT2D eigenvalue weighted by Crippen LogP contribution is 2.16. The maximum atomic E-state index is 9.25. The predicted molar refractivity (Wildman–Crippen MR) is 75.8 cm³/mol. The third kappa shape index (κ3) is 4.30. The number of aromatic amines is 1. The van der Waals surface area contributed by atoms with Crippen LogP contribution >= 0.6 is 0 Å². The van der Waals surface area contributed by atoms with Gasteiger partial charge in [-0.15, -0.1) is 0 Å². The highest BCUT2D eigenvalue weighted by atomic mass is 16.3. The normalized spacial score (nSPS) is 22.2. The Morgan fingerprint density at radius 3 is 2.95 bits per heavy atom. The Hall–Kier alpha value is -0.910. The average Bonchev–Trinajstić information content (AvgIpc) is 2.85. The van der Waals surface area contributed by atoms with Crippen LogP contribution in [0, 0.1) is 5.92 Å². The lowest BCUT2D eigenvalue weighted by molar-refractivity contribution is 0.0471. The number of aliphatic hydroxyl groups is 1. The molecule has 1 aliphatic heterocycles. The van der Waals surface area contributed by atoms with Gasteiger partial charge >= 0.3 is 0 Å². The summed E-state index contributed by atoms with van der Waals surface area (Å²) in [5, 5.41) is 16.3. The van der Waals surface area contributed by atoms with Crippen LogP contribution in [-0.4, -0.2) is 63.9 Å². The lowest BCUT2D eigenvalue weighted by Gasteiger charge is -2.42. The molecule has 1 unspecified atom stereocenters. The number of aromatic nitrogens is 2. The molecule has 0 radical (unpaired) electrons. The molecule has 0 saturated carbocycles. The largest absolute Gasteiger partial charge is 0.396 e. The molecule has 2 heterocycles. The van der Waals surface area contributed by atoms with Crippen molar-refractivity contribution in [2.45, 2.75) is 32.9 Å². The smallest absolute Gasteiger partial charge is 0.0492 e. The summed E-state index contributed by atoms with van der Waals surface area (Å²) >= 11 is 0. The van der Waals surface area contributed by atoms with Crippen LogP contribution in [-0.2, 0) is 6.54 Å². The number of aliphatic hydroxyl groups excluding tert-OH is 1. The van der Waals surface area contributed by atoms with Gasteiger partial charge < -0.3 is 5.11 Å². The first-order valence-electron chi connectivity index (χ1n) is 7.24. The molecule has 1 aromatic rings. The Kier molecular flexibility index (Phi) is 5.36. The Balaban J connectivity index is 1.90. The fraction of sp³-hybridized carbons (Fsp3) is 0.786. The van der Waals surface area contributed by atoms with Gasteiger partial charge in [0.05, 0.1) is 0 Å². The minimum absolute atomic E-state index is 0.275. The zero-order chi connectivity index (χ0) is 13.7. The van der Waals surface area contributed by atoms with E-state index in [1.807, 2.05) is 6.07 Å². The number of hydrogen-bond donors (Lipinski definition) is 2. The summed E-state index contributed by atoms with van der Waals surface area (Å²) in [6.45, 7) is 10.1. The van der Waals surface area contributed by atoms with E-state index >= 15 is 0 Å². The summed E-state index contributed by atoms with van der Waals surface area (Å²) in [5.74, 6) is 0.681. The Labute approximate surface area is 115 Å². The van der Waals surface area contributed by atoms with Crippen LogP contribution in [0.1, 0.15) is 26.0 Å². The van der Waals surface area contributed by atoms with E-state index in [0.717, 1.165) is 39.1 Å². The van der Waals surface area contributed by atoms with Crippen molar-refractivity contribution >= 4 is 0 Å². The molecule has 0 bridgehead atoms. The van der Waals surface area contributed by atoms with Crippen molar-refractivity contribution in [3.05, 3.63) is 18.0 Å². The van der Waals surface area contributed by atoms with Crippen molar-refractivity contribution in [3.63, 3.8) is 0 Å². The summed E-state index contributed by atoms with van der Waals surface area (Å²) in [7, 11) is 0. The highest BCUT2D eigenvalue weighted by Gasteiger charge is 2.26. The second-order valence-corrected chi connectivity index (χ2v) is 5.87. The molecule has 0 aliphatic carbocycles. The minimum Gasteiger partial charge on any atom is -0.396 e. The first-order valence-corrected chi connectivity index (χ1v) is 7.24. The van der Waals surface area contributed by atoms with Gasteiger partial charge in [0, 0.05) is 57.3 Å². The van der Waals surface area contributed by atoms with Crippen LogP contribution in [0.5, 0.6) is 0 Å². The van der Waals surface area contributed by atoms with Gasteiger partial charge in [-0.05, 0) is 18.4 Å². The second-order valence-electron chi connectivity index (χ2n) is 5.87. The van der Waals surface area contributed by atoms with Crippen LogP contribution in [0.3, 0.4) is 0 Å². The molecule has 5 heteroatoms. The minimum atomic E-state index is 0.275. The predicted octanol–water partition coefficient (Wildman–Crippen LogP) is 0.934. The van der Waals surface area contributed by atoms with E-state index in [9.17, 15) is 5.11 Å². The molecular formula is C14H26N4O. The summed E-state index contributed by atoms with van der Waals surface area (Å²) in [5.41, 5.74) is 1.17. The van der Waals surface area contributed by atoms with Crippen LogP contribution in [0.25, 0.3) is 0 Å². The van der Waals surface area contributed by atoms with E-state index in [2.05, 4.69) is 33.8 Å². The van der Waals surface area contributed by atoms with Gasteiger partial charge in [0.15, 0.2) is 0 Å². The molecular weight excluding hydrogens is 240 g/mol. The summed E-state index contributed by atoms with van der Waals surface area (Å²) in [4.78, 5) is 4.98. The topological polar surface area (TPSA) is 55.4 Å². The molecule has 1 fully saturated rings. The first-order chi connectivity index (χ1) is 9.19. The molecule has 19 heavy (non-hydrogen) atoms.